The minimum absolute atomic E-state index is 0.0971. The van der Waals surface area contributed by atoms with Gasteiger partial charge < -0.3 is 15.0 Å². The van der Waals surface area contributed by atoms with Gasteiger partial charge in [0.25, 0.3) is 5.91 Å². The van der Waals surface area contributed by atoms with Gasteiger partial charge in [-0.15, -0.1) is 0 Å². The van der Waals surface area contributed by atoms with E-state index in [0.29, 0.717) is 34.3 Å². The molecule has 0 aromatic heterocycles. The summed E-state index contributed by atoms with van der Waals surface area (Å²) in [5.74, 6) is -0.740. The van der Waals surface area contributed by atoms with Crippen LogP contribution in [0.2, 0.25) is 5.02 Å². The number of ether oxygens (including phenoxy) is 1. The molecule has 0 saturated carbocycles. The molecular weight excluding hydrogens is 452 g/mol. The van der Waals surface area contributed by atoms with Crippen molar-refractivity contribution in [3.05, 3.63) is 81.5 Å². The van der Waals surface area contributed by atoms with Gasteiger partial charge in [0.15, 0.2) is 0 Å². The summed E-state index contributed by atoms with van der Waals surface area (Å²) in [4.78, 5) is 40.2. The van der Waals surface area contributed by atoms with E-state index in [9.17, 15) is 14.4 Å². The number of halogens is 1. The van der Waals surface area contributed by atoms with Crippen molar-refractivity contribution in [1.82, 2.24) is 10.2 Å². The average molecular weight is 483 g/mol. The Labute approximate surface area is 205 Å². The van der Waals surface area contributed by atoms with Crippen molar-refractivity contribution in [3.8, 4) is 0 Å². The van der Waals surface area contributed by atoms with Gasteiger partial charge in [-0.3, -0.25) is 9.59 Å². The summed E-state index contributed by atoms with van der Waals surface area (Å²) in [5, 5.41) is 3.50. The second kappa shape index (κ2) is 11.3. The van der Waals surface area contributed by atoms with Crippen LogP contribution in [-0.2, 0) is 20.9 Å². The van der Waals surface area contributed by atoms with Crippen molar-refractivity contribution in [1.29, 1.82) is 0 Å². The van der Waals surface area contributed by atoms with Crippen molar-refractivity contribution >= 4 is 29.4 Å². The van der Waals surface area contributed by atoms with Crippen LogP contribution in [0.15, 0.2) is 59.8 Å². The zero-order valence-electron chi connectivity index (χ0n) is 20.1. The fourth-order valence-corrected chi connectivity index (χ4v) is 4.18. The van der Waals surface area contributed by atoms with Gasteiger partial charge in [0.1, 0.15) is 0 Å². The first-order chi connectivity index (χ1) is 16.2. The highest BCUT2D eigenvalue weighted by Crippen LogP contribution is 2.38. The molecule has 1 aliphatic heterocycles. The molecule has 34 heavy (non-hydrogen) atoms. The molecule has 1 N–H and O–H groups in total. The summed E-state index contributed by atoms with van der Waals surface area (Å²) in [7, 11) is 0. The summed E-state index contributed by atoms with van der Waals surface area (Å²) in [6, 6.07) is 14.4. The molecule has 0 saturated heterocycles. The number of carbonyl (C=O) groups is 3. The largest absolute Gasteiger partial charge is 0.463 e. The summed E-state index contributed by atoms with van der Waals surface area (Å²) < 4.78 is 5.34. The number of benzene rings is 2. The summed E-state index contributed by atoms with van der Waals surface area (Å²) >= 11 is 6.03. The topological polar surface area (TPSA) is 75.7 Å². The number of hydrogen-bond acceptors (Lipinski definition) is 4. The van der Waals surface area contributed by atoms with Gasteiger partial charge >= 0.3 is 5.97 Å². The fraction of sp³-hybridized carbons (Fsp3) is 0.370. The Hall–Kier alpha value is -3.12. The standard InChI is InChI=1S/C27H31ClN2O4/c1-5-34-27(33)25-18(4)30(24(31)14-23(25)20-9-11-22(28)12-10-20)16-19-7-6-8-21(13-19)26(32)29-15-17(2)3/h6-13,17,23H,5,14-16H2,1-4H3,(H,29,32). The molecule has 2 aromatic rings. The second-order valence-electron chi connectivity index (χ2n) is 8.81. The van der Waals surface area contributed by atoms with Crippen LogP contribution >= 0.6 is 11.6 Å². The molecule has 2 aromatic carbocycles. The number of allylic oxidation sites excluding steroid dienone is 1. The smallest absolute Gasteiger partial charge is 0.336 e. The number of esters is 1. The Morgan fingerprint density at radius 1 is 1.18 bits per heavy atom. The third-order valence-corrected chi connectivity index (χ3v) is 6.04. The van der Waals surface area contributed by atoms with E-state index >= 15 is 0 Å². The van der Waals surface area contributed by atoms with Gasteiger partial charge in [0.2, 0.25) is 5.91 Å². The highest BCUT2D eigenvalue weighted by Gasteiger charge is 2.36. The predicted octanol–water partition coefficient (Wildman–Crippen LogP) is 5.08. The Morgan fingerprint density at radius 2 is 1.88 bits per heavy atom. The fourth-order valence-electron chi connectivity index (χ4n) is 4.05. The van der Waals surface area contributed by atoms with Crippen molar-refractivity contribution in [2.75, 3.05) is 13.2 Å². The Morgan fingerprint density at radius 3 is 2.53 bits per heavy atom. The molecule has 1 heterocycles. The van der Waals surface area contributed by atoms with Crippen molar-refractivity contribution < 1.29 is 19.1 Å². The molecule has 2 amide bonds. The van der Waals surface area contributed by atoms with Crippen molar-refractivity contribution in [3.63, 3.8) is 0 Å². The molecule has 0 radical (unpaired) electrons. The van der Waals surface area contributed by atoms with E-state index in [0.717, 1.165) is 11.1 Å². The molecule has 1 atom stereocenters. The van der Waals surface area contributed by atoms with E-state index in [1.807, 2.05) is 32.0 Å². The maximum atomic E-state index is 13.2. The maximum absolute atomic E-state index is 13.2. The quantitative estimate of drug-likeness (QED) is 0.532. The monoisotopic (exact) mass is 482 g/mol. The number of nitrogens with one attached hydrogen (secondary N) is 1. The molecule has 7 heteroatoms. The molecule has 0 spiro atoms. The molecule has 3 rings (SSSR count). The van der Waals surface area contributed by atoms with Gasteiger partial charge in [-0.1, -0.05) is 49.7 Å². The molecule has 6 nitrogen and oxygen atoms in total. The van der Waals surface area contributed by atoms with Crippen molar-refractivity contribution in [2.45, 2.75) is 46.6 Å². The van der Waals surface area contributed by atoms with E-state index in [1.165, 1.54) is 0 Å². The zero-order valence-corrected chi connectivity index (χ0v) is 20.8. The Balaban J connectivity index is 1.92. The number of hydrogen-bond donors (Lipinski definition) is 1. The average Bonchev–Trinajstić information content (AvgIpc) is 2.80. The van der Waals surface area contributed by atoms with E-state index in [4.69, 9.17) is 16.3 Å². The van der Waals surface area contributed by atoms with Crippen LogP contribution in [0.1, 0.15) is 61.5 Å². The lowest BCUT2D eigenvalue weighted by Gasteiger charge is -2.34. The summed E-state index contributed by atoms with van der Waals surface area (Å²) in [5.41, 5.74) is 3.20. The molecule has 0 aliphatic carbocycles. The molecule has 1 unspecified atom stereocenters. The van der Waals surface area contributed by atoms with E-state index in [-0.39, 0.29) is 31.4 Å². The van der Waals surface area contributed by atoms with Crippen LogP contribution in [-0.4, -0.2) is 35.8 Å². The van der Waals surface area contributed by atoms with Crippen LogP contribution in [0.5, 0.6) is 0 Å². The number of amides is 2. The summed E-state index contributed by atoms with van der Waals surface area (Å²) in [6.07, 6.45) is 0.141. The van der Waals surface area contributed by atoms with Crippen LogP contribution < -0.4 is 5.32 Å². The normalized spacial score (nSPS) is 16.1. The highest BCUT2D eigenvalue weighted by atomic mass is 35.5. The number of rotatable bonds is 8. The van der Waals surface area contributed by atoms with Crippen LogP contribution in [0.4, 0.5) is 0 Å². The molecule has 0 fully saturated rings. The summed E-state index contributed by atoms with van der Waals surface area (Å²) in [6.45, 7) is 8.68. The van der Waals surface area contributed by atoms with E-state index in [1.54, 1.807) is 49.1 Å². The Kier molecular flexibility index (Phi) is 8.51. The highest BCUT2D eigenvalue weighted by molar-refractivity contribution is 6.30. The molecular formula is C27H31ClN2O4. The second-order valence-corrected chi connectivity index (χ2v) is 9.25. The predicted molar refractivity (Wildman–Crippen MR) is 132 cm³/mol. The molecule has 1 aliphatic rings. The first-order valence-electron chi connectivity index (χ1n) is 11.5. The lowest BCUT2D eigenvalue weighted by Crippen LogP contribution is -2.38. The van der Waals surface area contributed by atoms with Gasteiger partial charge in [-0.05, 0) is 55.2 Å². The lowest BCUT2D eigenvalue weighted by molar-refractivity contribution is -0.140. The third-order valence-electron chi connectivity index (χ3n) is 5.79. The SMILES string of the molecule is CCOC(=O)C1=C(C)N(Cc2cccc(C(=O)NCC(C)C)c2)C(=O)CC1c1ccc(Cl)cc1. The minimum atomic E-state index is -0.431. The maximum Gasteiger partial charge on any atom is 0.336 e. The van der Waals surface area contributed by atoms with Gasteiger partial charge in [-0.2, -0.15) is 0 Å². The molecule has 180 valence electrons. The zero-order chi connectivity index (χ0) is 24.8. The van der Waals surface area contributed by atoms with Crippen LogP contribution in [0, 0.1) is 5.92 Å². The Bertz CT molecular complexity index is 1090. The molecule has 0 bridgehead atoms. The lowest BCUT2D eigenvalue weighted by atomic mass is 9.83. The van der Waals surface area contributed by atoms with E-state index < -0.39 is 11.9 Å². The number of nitrogens with zero attached hydrogens (tertiary/aromatic N) is 1. The van der Waals surface area contributed by atoms with Crippen molar-refractivity contribution in [2.24, 2.45) is 5.92 Å². The third kappa shape index (κ3) is 6.06. The van der Waals surface area contributed by atoms with Crippen LogP contribution in [0.25, 0.3) is 0 Å². The first-order valence-corrected chi connectivity index (χ1v) is 11.9. The van der Waals surface area contributed by atoms with Gasteiger partial charge in [-0.25, -0.2) is 4.79 Å². The van der Waals surface area contributed by atoms with E-state index in [2.05, 4.69) is 5.32 Å². The van der Waals surface area contributed by atoms with Gasteiger partial charge in [0.05, 0.1) is 18.7 Å². The number of carbonyl (C=O) groups excluding carboxylic acids is 3. The minimum Gasteiger partial charge on any atom is -0.463 e. The van der Waals surface area contributed by atoms with Crippen LogP contribution in [0.3, 0.4) is 0 Å². The van der Waals surface area contributed by atoms with Gasteiger partial charge in [0, 0.05) is 35.2 Å². The first kappa shape index (κ1) is 25.5.